The predicted molar refractivity (Wildman–Crippen MR) is 56.3 cm³/mol. The molecule has 2 rings (SSSR count). The third kappa shape index (κ3) is 1.42. The summed E-state index contributed by atoms with van der Waals surface area (Å²) in [4.78, 5) is 1.16. The fraction of sp³-hybridized carbons (Fsp3) is 0.273. The smallest absolute Gasteiger partial charge is 0.205 e. The van der Waals surface area contributed by atoms with Crippen molar-refractivity contribution in [3.63, 3.8) is 0 Å². The number of thiophene rings is 1. The zero-order valence-corrected chi connectivity index (χ0v) is 8.79. The minimum atomic E-state index is -2.37. The largest absolute Gasteiger partial charge is 0.264 e. The lowest BCUT2D eigenvalue weighted by molar-refractivity contribution is 0.151. The molecule has 0 bridgehead atoms. The minimum absolute atomic E-state index is 0.152. The van der Waals surface area contributed by atoms with Gasteiger partial charge in [0.1, 0.15) is 0 Å². The van der Waals surface area contributed by atoms with Crippen LogP contribution in [0.25, 0.3) is 10.1 Å². The molecule has 0 saturated heterocycles. The van der Waals surface area contributed by atoms with Crippen molar-refractivity contribution < 1.29 is 8.78 Å². The molecule has 1 aromatic heterocycles. The highest BCUT2D eigenvalue weighted by Crippen LogP contribution is 2.33. The van der Waals surface area contributed by atoms with E-state index in [-0.39, 0.29) is 5.56 Å². The number of rotatable bonds is 1. The van der Waals surface area contributed by atoms with Gasteiger partial charge in [-0.25, -0.2) is 8.78 Å². The Balaban J connectivity index is 2.74. The van der Waals surface area contributed by atoms with E-state index >= 15 is 0 Å². The van der Waals surface area contributed by atoms with E-state index < -0.39 is 6.43 Å². The van der Waals surface area contributed by atoms with Gasteiger partial charge in [0.05, 0.1) is 0 Å². The summed E-state index contributed by atoms with van der Waals surface area (Å²) in [5.74, 6) is 0. The number of alkyl halides is 2. The van der Waals surface area contributed by atoms with Crippen LogP contribution in [0.15, 0.2) is 18.2 Å². The first kappa shape index (κ1) is 9.59. The lowest BCUT2D eigenvalue weighted by Crippen LogP contribution is -1.88. The maximum atomic E-state index is 12.6. The maximum absolute atomic E-state index is 12.6. The van der Waals surface area contributed by atoms with Crippen LogP contribution in [0.4, 0.5) is 8.78 Å². The van der Waals surface area contributed by atoms with Gasteiger partial charge in [0.15, 0.2) is 0 Å². The van der Waals surface area contributed by atoms with Gasteiger partial charge in [-0.15, -0.1) is 11.3 Å². The van der Waals surface area contributed by atoms with Gasteiger partial charge in [-0.05, 0) is 30.9 Å². The van der Waals surface area contributed by atoms with Crippen LogP contribution in [0.5, 0.6) is 0 Å². The molecule has 0 nitrogen and oxygen atoms in total. The number of fused-ring (bicyclic) bond motifs is 1. The second-order valence-electron chi connectivity index (χ2n) is 3.36. The molecule has 0 aliphatic carbocycles. The highest BCUT2D eigenvalue weighted by atomic mass is 32.1. The van der Waals surface area contributed by atoms with Gasteiger partial charge in [0.2, 0.25) is 0 Å². The Morgan fingerprint density at radius 2 is 1.93 bits per heavy atom. The third-order valence-corrected chi connectivity index (χ3v) is 3.52. The first-order chi connectivity index (χ1) is 6.59. The maximum Gasteiger partial charge on any atom is 0.264 e. The Labute approximate surface area is 85.2 Å². The molecular weight excluding hydrogens is 202 g/mol. The Bertz CT molecular complexity index is 471. The van der Waals surface area contributed by atoms with Gasteiger partial charge in [-0.1, -0.05) is 12.1 Å². The van der Waals surface area contributed by atoms with Gasteiger partial charge in [0, 0.05) is 15.1 Å². The molecule has 14 heavy (non-hydrogen) atoms. The number of halogens is 2. The lowest BCUT2D eigenvalue weighted by atomic mass is 10.1. The highest BCUT2D eigenvalue weighted by molar-refractivity contribution is 7.19. The molecular formula is C11H10F2S. The van der Waals surface area contributed by atoms with Crippen molar-refractivity contribution in [2.45, 2.75) is 20.3 Å². The standard InChI is InChI=1S/C11H10F2S/c1-6-5-8-3-4-9(11(12)13)7(2)10(8)14-6/h3-5,11H,1-2H3. The first-order valence-electron chi connectivity index (χ1n) is 4.37. The summed E-state index contributed by atoms with van der Waals surface area (Å²) in [5, 5.41) is 1.06. The quantitative estimate of drug-likeness (QED) is 0.654. The molecule has 0 atom stereocenters. The molecule has 3 heteroatoms. The second-order valence-corrected chi connectivity index (χ2v) is 4.61. The van der Waals surface area contributed by atoms with Gasteiger partial charge in [0.25, 0.3) is 6.43 Å². The first-order valence-corrected chi connectivity index (χ1v) is 5.19. The molecule has 0 aliphatic rings. The Morgan fingerprint density at radius 3 is 2.57 bits per heavy atom. The third-order valence-electron chi connectivity index (χ3n) is 2.34. The van der Waals surface area contributed by atoms with Gasteiger partial charge in [-0.2, -0.15) is 0 Å². The fourth-order valence-electron chi connectivity index (χ4n) is 1.62. The van der Waals surface area contributed by atoms with E-state index in [2.05, 4.69) is 0 Å². The molecule has 74 valence electrons. The molecule has 1 heterocycles. The van der Waals surface area contributed by atoms with Crippen LogP contribution in [0.3, 0.4) is 0 Å². The van der Waals surface area contributed by atoms with Crippen LogP contribution in [-0.4, -0.2) is 0 Å². The van der Waals surface area contributed by atoms with Crippen LogP contribution in [0.2, 0.25) is 0 Å². The van der Waals surface area contributed by atoms with Crippen molar-refractivity contribution in [2.24, 2.45) is 0 Å². The number of hydrogen-bond donors (Lipinski definition) is 0. The Kier molecular flexibility index (Phi) is 2.27. The summed E-state index contributed by atoms with van der Waals surface area (Å²) in [7, 11) is 0. The van der Waals surface area contributed by atoms with Crippen LogP contribution in [-0.2, 0) is 0 Å². The van der Waals surface area contributed by atoms with Crippen LogP contribution >= 0.6 is 11.3 Å². The average molecular weight is 212 g/mol. The van der Waals surface area contributed by atoms with Crippen molar-refractivity contribution in [1.82, 2.24) is 0 Å². The molecule has 0 saturated carbocycles. The molecule has 0 unspecified atom stereocenters. The molecule has 2 aromatic rings. The number of benzene rings is 1. The van der Waals surface area contributed by atoms with Gasteiger partial charge >= 0.3 is 0 Å². The normalized spacial score (nSPS) is 11.5. The molecule has 0 amide bonds. The molecule has 0 spiro atoms. The zero-order chi connectivity index (χ0) is 10.3. The number of hydrogen-bond acceptors (Lipinski definition) is 1. The van der Waals surface area contributed by atoms with Crippen molar-refractivity contribution in [3.05, 3.63) is 34.2 Å². The Morgan fingerprint density at radius 1 is 1.21 bits per heavy atom. The van der Waals surface area contributed by atoms with E-state index in [0.717, 1.165) is 20.5 Å². The van der Waals surface area contributed by atoms with Crippen LogP contribution in [0, 0.1) is 13.8 Å². The van der Waals surface area contributed by atoms with Crippen molar-refractivity contribution in [1.29, 1.82) is 0 Å². The van der Waals surface area contributed by atoms with Gasteiger partial charge < -0.3 is 0 Å². The van der Waals surface area contributed by atoms with E-state index in [0.29, 0.717) is 0 Å². The highest BCUT2D eigenvalue weighted by Gasteiger charge is 2.13. The summed E-state index contributed by atoms with van der Waals surface area (Å²) in [6, 6.07) is 5.32. The second kappa shape index (κ2) is 3.31. The molecule has 0 aliphatic heterocycles. The molecule has 1 aromatic carbocycles. The van der Waals surface area contributed by atoms with Crippen molar-refractivity contribution >= 4 is 21.4 Å². The van der Waals surface area contributed by atoms with E-state index in [1.165, 1.54) is 6.07 Å². The SMILES string of the molecule is Cc1cc2ccc(C(F)F)c(C)c2s1. The summed E-state index contributed by atoms with van der Waals surface area (Å²) < 4.78 is 26.1. The summed E-state index contributed by atoms with van der Waals surface area (Å²) >= 11 is 1.58. The topological polar surface area (TPSA) is 0 Å². The summed E-state index contributed by atoms with van der Waals surface area (Å²) in [6.45, 7) is 3.76. The summed E-state index contributed by atoms with van der Waals surface area (Å²) in [6.07, 6.45) is -2.37. The van der Waals surface area contributed by atoms with Crippen molar-refractivity contribution in [2.75, 3.05) is 0 Å². The minimum Gasteiger partial charge on any atom is -0.205 e. The average Bonchev–Trinajstić information content (AvgIpc) is 2.46. The van der Waals surface area contributed by atoms with Crippen LogP contribution in [0.1, 0.15) is 22.4 Å². The molecule has 0 N–H and O–H groups in total. The van der Waals surface area contributed by atoms with Gasteiger partial charge in [-0.3, -0.25) is 0 Å². The molecule has 0 radical (unpaired) electrons. The lowest BCUT2D eigenvalue weighted by Gasteiger charge is -2.04. The monoisotopic (exact) mass is 212 g/mol. The van der Waals surface area contributed by atoms with Crippen molar-refractivity contribution in [3.8, 4) is 0 Å². The van der Waals surface area contributed by atoms with E-state index in [9.17, 15) is 8.78 Å². The van der Waals surface area contributed by atoms with E-state index in [4.69, 9.17) is 0 Å². The Hall–Kier alpha value is -0.960. The van der Waals surface area contributed by atoms with E-state index in [1.54, 1.807) is 24.3 Å². The van der Waals surface area contributed by atoms with E-state index in [1.807, 2.05) is 13.0 Å². The fourth-order valence-corrected chi connectivity index (χ4v) is 2.65. The number of aryl methyl sites for hydroxylation is 2. The molecule has 0 fully saturated rings. The summed E-state index contributed by atoms with van der Waals surface area (Å²) in [5.41, 5.74) is 0.870. The van der Waals surface area contributed by atoms with Crippen LogP contribution < -0.4 is 0 Å². The zero-order valence-electron chi connectivity index (χ0n) is 7.97. The predicted octanol–water partition coefficient (Wildman–Crippen LogP) is 4.46.